The minimum Gasteiger partial charge on any atom is -0.489 e. The zero-order valence-corrected chi connectivity index (χ0v) is 20.2. The van der Waals surface area contributed by atoms with Crippen LogP contribution in [0.25, 0.3) is 0 Å². The lowest BCUT2D eigenvalue weighted by molar-refractivity contribution is -0.141. The van der Waals surface area contributed by atoms with E-state index in [2.05, 4.69) is 25.8 Å². The van der Waals surface area contributed by atoms with Crippen molar-refractivity contribution in [2.45, 2.75) is 25.7 Å². The Hall–Kier alpha value is -3.12. The maximum absolute atomic E-state index is 14.4. The van der Waals surface area contributed by atoms with Gasteiger partial charge in [0.25, 0.3) is 0 Å². The molecule has 1 radical (unpaired) electrons. The van der Waals surface area contributed by atoms with Gasteiger partial charge in [0.1, 0.15) is 18.5 Å². The number of halogens is 2. The Bertz CT molecular complexity index is 1170. The number of hydrogen-bond donors (Lipinski definition) is 3. The first-order valence-electron chi connectivity index (χ1n) is 10.8. The fourth-order valence-corrected chi connectivity index (χ4v) is 3.49. The monoisotopic (exact) mass is 500 g/mol. The normalized spacial score (nSPS) is 16.5. The lowest BCUT2D eigenvalue weighted by atomic mass is 10.2. The molecule has 1 atom stereocenters. The smallest absolute Gasteiger partial charge is 0.435 e. The van der Waals surface area contributed by atoms with Crippen molar-refractivity contribution >= 4 is 48.0 Å². The van der Waals surface area contributed by atoms with Crippen molar-refractivity contribution in [2.75, 3.05) is 36.2 Å². The maximum atomic E-state index is 14.4. The molecular formula is C23H25BClFN5O4. The second-order valence-electron chi connectivity index (χ2n) is 8.13. The molecule has 1 saturated heterocycles. The van der Waals surface area contributed by atoms with E-state index in [0.29, 0.717) is 28.8 Å². The second kappa shape index (κ2) is 11.1. The van der Waals surface area contributed by atoms with Crippen molar-refractivity contribution in [3.63, 3.8) is 0 Å². The fourth-order valence-electron chi connectivity index (χ4n) is 3.31. The van der Waals surface area contributed by atoms with Gasteiger partial charge in [-0.25, -0.2) is 9.37 Å². The average Bonchev–Trinajstić information content (AvgIpc) is 3.19. The molecule has 4 rings (SSSR count). The molecule has 0 aliphatic carbocycles. The van der Waals surface area contributed by atoms with Crippen LogP contribution in [0.4, 0.5) is 33.2 Å². The number of anilines is 5. The van der Waals surface area contributed by atoms with Crippen LogP contribution in [0.5, 0.6) is 5.75 Å². The molecule has 0 amide bonds. The van der Waals surface area contributed by atoms with E-state index < -0.39 is 11.6 Å². The highest BCUT2D eigenvalue weighted by Crippen LogP contribution is 2.31. The van der Waals surface area contributed by atoms with Crippen molar-refractivity contribution in [2.24, 2.45) is 0 Å². The maximum Gasteiger partial charge on any atom is 0.435 e. The van der Waals surface area contributed by atoms with Gasteiger partial charge in [-0.15, -0.1) is 0 Å². The molecule has 3 N–H and O–H groups in total. The zero-order valence-electron chi connectivity index (χ0n) is 19.5. The second-order valence-corrected chi connectivity index (χ2v) is 8.53. The van der Waals surface area contributed by atoms with Gasteiger partial charge in [0.15, 0.2) is 17.4 Å². The average molecular weight is 501 g/mol. The van der Waals surface area contributed by atoms with Gasteiger partial charge in [-0.05, 0) is 44.2 Å². The Balaban J connectivity index is 1.43. The van der Waals surface area contributed by atoms with Gasteiger partial charge >= 0.3 is 7.62 Å². The zero-order chi connectivity index (χ0) is 24.8. The SMILES string of the molecule is CO[B]Nc1cccc(Nc2nc(Nc3ccc(Cl)c(OCC4COC(C)(C)O4)c3)ncc2F)c1. The first-order chi connectivity index (χ1) is 16.8. The molecule has 0 bridgehead atoms. The summed E-state index contributed by atoms with van der Waals surface area (Å²) in [4.78, 5) is 8.29. The highest BCUT2D eigenvalue weighted by molar-refractivity contribution is 6.32. The molecule has 0 saturated carbocycles. The molecule has 0 spiro atoms. The number of benzene rings is 2. The third-order valence-corrected chi connectivity index (χ3v) is 5.20. The lowest BCUT2D eigenvalue weighted by Gasteiger charge is -2.18. The highest BCUT2D eigenvalue weighted by atomic mass is 35.5. The summed E-state index contributed by atoms with van der Waals surface area (Å²) in [6.45, 7) is 4.42. The summed E-state index contributed by atoms with van der Waals surface area (Å²) in [6.07, 6.45) is 0.887. The van der Waals surface area contributed by atoms with Crippen LogP contribution in [0.2, 0.25) is 5.02 Å². The minimum absolute atomic E-state index is 0.0156. The van der Waals surface area contributed by atoms with E-state index in [0.717, 1.165) is 11.9 Å². The molecule has 1 aliphatic heterocycles. The summed E-state index contributed by atoms with van der Waals surface area (Å²) in [7, 11) is 2.97. The first-order valence-corrected chi connectivity index (χ1v) is 11.2. The molecule has 1 unspecified atom stereocenters. The van der Waals surface area contributed by atoms with E-state index in [1.165, 1.54) is 14.7 Å². The standard InChI is InChI=1S/C23H25BClFN5O4/c1-23(2)34-13-17(35-23)12-33-20-10-15(7-8-18(20)25)29-22-27-11-19(26)21(30-22)28-14-5-4-6-16(9-14)31-24-32-3/h4-11,17,31H,12-13H2,1-3H3,(H2,27,28,29,30). The van der Waals surface area contributed by atoms with Gasteiger partial charge in [0, 0.05) is 30.2 Å². The van der Waals surface area contributed by atoms with Crippen LogP contribution in [0.15, 0.2) is 48.7 Å². The molecule has 35 heavy (non-hydrogen) atoms. The van der Waals surface area contributed by atoms with Gasteiger partial charge < -0.3 is 34.7 Å². The van der Waals surface area contributed by atoms with Crippen molar-refractivity contribution in [1.82, 2.24) is 9.97 Å². The molecule has 1 aliphatic rings. The van der Waals surface area contributed by atoms with E-state index in [-0.39, 0.29) is 24.5 Å². The largest absolute Gasteiger partial charge is 0.489 e. The number of nitrogens with one attached hydrogen (secondary N) is 3. The topological polar surface area (TPSA) is 98.8 Å². The first kappa shape index (κ1) is 25.0. The molecule has 9 nitrogen and oxygen atoms in total. The molecule has 1 aromatic heterocycles. The van der Waals surface area contributed by atoms with Crippen LogP contribution >= 0.6 is 11.6 Å². The number of nitrogens with zero attached hydrogens (tertiary/aromatic N) is 2. The van der Waals surface area contributed by atoms with Gasteiger partial charge in [0.05, 0.1) is 17.8 Å². The molecule has 2 aromatic carbocycles. The highest BCUT2D eigenvalue weighted by Gasteiger charge is 2.33. The van der Waals surface area contributed by atoms with Gasteiger partial charge in [-0.1, -0.05) is 17.7 Å². The quantitative estimate of drug-likeness (QED) is 0.336. The van der Waals surface area contributed by atoms with E-state index in [1.54, 1.807) is 30.3 Å². The van der Waals surface area contributed by atoms with Crippen molar-refractivity contribution in [3.8, 4) is 5.75 Å². The molecule has 1 fully saturated rings. The molecular weight excluding hydrogens is 476 g/mol. The van der Waals surface area contributed by atoms with E-state index in [1.807, 2.05) is 26.0 Å². The Labute approximate surface area is 208 Å². The van der Waals surface area contributed by atoms with E-state index in [4.69, 9.17) is 30.5 Å². The Morgan fingerprint density at radius 1 is 1.17 bits per heavy atom. The van der Waals surface area contributed by atoms with Crippen molar-refractivity contribution < 1.29 is 23.3 Å². The van der Waals surface area contributed by atoms with Gasteiger partial charge in [0.2, 0.25) is 5.95 Å². The summed E-state index contributed by atoms with van der Waals surface area (Å²) in [5.74, 6) is -0.561. The van der Waals surface area contributed by atoms with Gasteiger partial charge in [-0.3, -0.25) is 0 Å². The molecule has 12 heteroatoms. The number of hydrogen-bond acceptors (Lipinski definition) is 9. The van der Waals surface area contributed by atoms with E-state index in [9.17, 15) is 4.39 Å². The lowest BCUT2D eigenvalue weighted by Crippen LogP contribution is -2.25. The third kappa shape index (κ3) is 6.95. The molecule has 2 heterocycles. The van der Waals surface area contributed by atoms with Crippen LogP contribution in [-0.2, 0) is 14.1 Å². The van der Waals surface area contributed by atoms with Crippen LogP contribution in [0.1, 0.15) is 13.8 Å². The molecule has 183 valence electrons. The third-order valence-electron chi connectivity index (χ3n) is 4.89. The predicted molar refractivity (Wildman–Crippen MR) is 133 cm³/mol. The van der Waals surface area contributed by atoms with Gasteiger partial charge in [-0.2, -0.15) is 4.98 Å². The summed E-state index contributed by atoms with van der Waals surface area (Å²) >= 11 is 6.29. The van der Waals surface area contributed by atoms with Crippen molar-refractivity contribution in [3.05, 3.63) is 59.5 Å². The van der Waals surface area contributed by atoms with Crippen LogP contribution in [0.3, 0.4) is 0 Å². The number of ether oxygens (including phenoxy) is 3. The Morgan fingerprint density at radius 3 is 2.74 bits per heavy atom. The Morgan fingerprint density at radius 2 is 1.97 bits per heavy atom. The van der Waals surface area contributed by atoms with Crippen LogP contribution in [-0.4, -0.2) is 49.8 Å². The molecule has 3 aromatic rings. The summed E-state index contributed by atoms with van der Waals surface area (Å²) < 4.78 is 36.4. The fraction of sp³-hybridized carbons (Fsp3) is 0.304. The van der Waals surface area contributed by atoms with E-state index >= 15 is 0 Å². The van der Waals surface area contributed by atoms with Crippen molar-refractivity contribution in [1.29, 1.82) is 0 Å². The predicted octanol–water partition coefficient (Wildman–Crippen LogP) is 4.88. The summed E-state index contributed by atoms with van der Waals surface area (Å²) in [6, 6.07) is 12.4. The summed E-state index contributed by atoms with van der Waals surface area (Å²) in [5, 5.41) is 9.41. The number of rotatable bonds is 10. The van der Waals surface area contributed by atoms with Crippen LogP contribution < -0.4 is 20.6 Å². The number of aromatic nitrogens is 2. The van der Waals surface area contributed by atoms with Crippen LogP contribution in [0, 0.1) is 5.82 Å². The summed E-state index contributed by atoms with van der Waals surface area (Å²) in [5.41, 5.74) is 2.01. The minimum atomic E-state index is -0.632. The Kier molecular flexibility index (Phi) is 7.91.